The summed E-state index contributed by atoms with van der Waals surface area (Å²) in [5, 5.41) is 0.356. The van der Waals surface area contributed by atoms with Crippen molar-refractivity contribution in [3.8, 4) is 11.3 Å². The second kappa shape index (κ2) is 5.29. The van der Waals surface area contributed by atoms with Gasteiger partial charge < -0.3 is 10.2 Å². The van der Waals surface area contributed by atoms with Crippen LogP contribution >= 0.6 is 11.6 Å². The van der Waals surface area contributed by atoms with Crippen LogP contribution in [-0.4, -0.2) is 11.5 Å². The van der Waals surface area contributed by atoms with Crippen LogP contribution in [-0.2, 0) is 6.42 Å². The molecule has 1 aromatic carbocycles. The summed E-state index contributed by atoms with van der Waals surface area (Å²) in [5.41, 5.74) is 5.75. The highest BCUT2D eigenvalue weighted by Crippen LogP contribution is 2.26. The number of benzene rings is 1. The Balaban J connectivity index is 2.24. The topological polar surface area (TPSA) is 52.0 Å². The Labute approximate surface area is 103 Å². The number of aromatic nitrogens is 1. The standard InChI is InChI=1S/C12H12ClFN2O/c13-8-3-4-9(10(14)6-8)11-7-16-12(17-11)2-1-5-15/h3-4,6-7H,1-2,5,15H2. The number of halogens is 2. The predicted octanol–water partition coefficient (Wildman–Crippen LogP) is 3.03. The van der Waals surface area contributed by atoms with Crippen molar-refractivity contribution in [2.24, 2.45) is 5.73 Å². The maximum Gasteiger partial charge on any atom is 0.194 e. The lowest BCUT2D eigenvalue weighted by atomic mass is 10.2. The van der Waals surface area contributed by atoms with Crippen molar-refractivity contribution in [1.29, 1.82) is 0 Å². The molecule has 0 aliphatic carbocycles. The lowest BCUT2D eigenvalue weighted by molar-refractivity contribution is 0.496. The van der Waals surface area contributed by atoms with E-state index in [-0.39, 0.29) is 0 Å². The Morgan fingerprint density at radius 3 is 2.94 bits per heavy atom. The van der Waals surface area contributed by atoms with Gasteiger partial charge >= 0.3 is 0 Å². The van der Waals surface area contributed by atoms with Gasteiger partial charge in [0.25, 0.3) is 0 Å². The fraction of sp³-hybridized carbons (Fsp3) is 0.250. The second-order valence-electron chi connectivity index (χ2n) is 3.63. The van der Waals surface area contributed by atoms with Gasteiger partial charge in [-0.1, -0.05) is 11.6 Å². The zero-order chi connectivity index (χ0) is 12.3. The van der Waals surface area contributed by atoms with Crippen molar-refractivity contribution in [2.45, 2.75) is 12.8 Å². The second-order valence-corrected chi connectivity index (χ2v) is 4.07. The third-order valence-electron chi connectivity index (χ3n) is 2.34. The minimum absolute atomic E-state index is 0.356. The monoisotopic (exact) mass is 254 g/mol. The van der Waals surface area contributed by atoms with Crippen LogP contribution in [0.3, 0.4) is 0 Å². The number of hydrogen-bond donors (Lipinski definition) is 1. The van der Waals surface area contributed by atoms with E-state index in [4.69, 9.17) is 21.8 Å². The van der Waals surface area contributed by atoms with Gasteiger partial charge in [-0.2, -0.15) is 0 Å². The van der Waals surface area contributed by atoms with Crippen LogP contribution in [0, 0.1) is 5.82 Å². The van der Waals surface area contributed by atoms with E-state index in [1.807, 2.05) is 0 Å². The Bertz CT molecular complexity index is 513. The lowest BCUT2D eigenvalue weighted by Gasteiger charge is -1.99. The minimum Gasteiger partial charge on any atom is -0.441 e. The molecule has 5 heteroatoms. The maximum absolute atomic E-state index is 13.6. The number of nitrogens with two attached hydrogens (primary N) is 1. The summed E-state index contributed by atoms with van der Waals surface area (Å²) in [7, 11) is 0. The molecule has 2 aromatic rings. The fourth-order valence-electron chi connectivity index (χ4n) is 1.49. The van der Waals surface area contributed by atoms with E-state index < -0.39 is 5.82 Å². The van der Waals surface area contributed by atoms with Crippen LogP contribution in [0.25, 0.3) is 11.3 Å². The Morgan fingerprint density at radius 1 is 1.41 bits per heavy atom. The van der Waals surface area contributed by atoms with Gasteiger partial charge in [0, 0.05) is 11.4 Å². The third-order valence-corrected chi connectivity index (χ3v) is 2.58. The molecule has 0 aliphatic rings. The SMILES string of the molecule is NCCCc1ncc(-c2ccc(Cl)cc2F)o1. The number of oxazole rings is 1. The molecule has 0 saturated heterocycles. The maximum atomic E-state index is 13.6. The van der Waals surface area contributed by atoms with Gasteiger partial charge in [-0.15, -0.1) is 0 Å². The minimum atomic E-state index is -0.418. The molecule has 0 fully saturated rings. The van der Waals surface area contributed by atoms with E-state index in [9.17, 15) is 4.39 Å². The van der Waals surface area contributed by atoms with E-state index in [1.165, 1.54) is 12.3 Å². The van der Waals surface area contributed by atoms with Crippen molar-refractivity contribution >= 4 is 11.6 Å². The first-order valence-electron chi connectivity index (χ1n) is 5.31. The molecular formula is C12H12ClFN2O. The molecule has 0 bridgehead atoms. The highest BCUT2D eigenvalue weighted by Gasteiger charge is 2.11. The summed E-state index contributed by atoms with van der Waals surface area (Å²) >= 11 is 5.68. The van der Waals surface area contributed by atoms with Gasteiger partial charge in [-0.25, -0.2) is 9.37 Å². The first-order valence-corrected chi connectivity index (χ1v) is 5.68. The molecule has 3 nitrogen and oxygen atoms in total. The summed E-state index contributed by atoms with van der Waals surface area (Å²) in [6.07, 6.45) is 2.97. The van der Waals surface area contributed by atoms with Crippen molar-refractivity contribution in [1.82, 2.24) is 4.98 Å². The predicted molar refractivity (Wildman–Crippen MR) is 64.3 cm³/mol. The van der Waals surface area contributed by atoms with Crippen LogP contribution in [0.15, 0.2) is 28.8 Å². The third kappa shape index (κ3) is 2.84. The zero-order valence-electron chi connectivity index (χ0n) is 9.12. The summed E-state index contributed by atoms with van der Waals surface area (Å²) < 4.78 is 19.0. The van der Waals surface area contributed by atoms with E-state index in [0.717, 1.165) is 6.42 Å². The average Bonchev–Trinajstić information content (AvgIpc) is 2.75. The van der Waals surface area contributed by atoms with E-state index in [0.29, 0.717) is 35.2 Å². The number of hydrogen-bond acceptors (Lipinski definition) is 3. The van der Waals surface area contributed by atoms with Crippen molar-refractivity contribution in [2.75, 3.05) is 6.54 Å². The fourth-order valence-corrected chi connectivity index (χ4v) is 1.65. The molecule has 0 saturated carbocycles. The Hall–Kier alpha value is -1.39. The smallest absolute Gasteiger partial charge is 0.194 e. The normalized spacial score (nSPS) is 10.8. The van der Waals surface area contributed by atoms with Crippen molar-refractivity contribution in [3.05, 3.63) is 41.1 Å². The highest BCUT2D eigenvalue weighted by atomic mass is 35.5. The first-order chi connectivity index (χ1) is 8.20. The van der Waals surface area contributed by atoms with Crippen LogP contribution in [0.4, 0.5) is 4.39 Å². The van der Waals surface area contributed by atoms with E-state index in [1.54, 1.807) is 12.1 Å². The quantitative estimate of drug-likeness (QED) is 0.912. The average molecular weight is 255 g/mol. The van der Waals surface area contributed by atoms with Crippen LogP contribution in [0.5, 0.6) is 0 Å². The number of rotatable bonds is 4. The number of aryl methyl sites for hydroxylation is 1. The molecule has 0 atom stereocenters. The van der Waals surface area contributed by atoms with Crippen LogP contribution in [0.1, 0.15) is 12.3 Å². The van der Waals surface area contributed by atoms with Crippen molar-refractivity contribution < 1.29 is 8.81 Å². The molecule has 1 heterocycles. The molecule has 2 rings (SSSR count). The summed E-state index contributed by atoms with van der Waals surface area (Å²) in [4.78, 5) is 4.07. The highest BCUT2D eigenvalue weighted by molar-refractivity contribution is 6.30. The van der Waals surface area contributed by atoms with Gasteiger partial charge in [-0.05, 0) is 31.2 Å². The molecule has 0 radical (unpaired) electrons. The molecule has 1 aromatic heterocycles. The number of nitrogens with zero attached hydrogens (tertiary/aromatic N) is 1. The van der Waals surface area contributed by atoms with Crippen molar-refractivity contribution in [3.63, 3.8) is 0 Å². The molecule has 0 spiro atoms. The van der Waals surface area contributed by atoms with Crippen LogP contribution < -0.4 is 5.73 Å². The summed E-state index contributed by atoms with van der Waals surface area (Å²) in [5.74, 6) is 0.560. The molecule has 0 unspecified atom stereocenters. The Morgan fingerprint density at radius 2 is 2.24 bits per heavy atom. The Kier molecular flexibility index (Phi) is 3.76. The summed E-state index contributed by atoms with van der Waals surface area (Å²) in [6, 6.07) is 4.44. The molecule has 2 N–H and O–H groups in total. The van der Waals surface area contributed by atoms with Crippen LogP contribution in [0.2, 0.25) is 5.02 Å². The molecule has 17 heavy (non-hydrogen) atoms. The van der Waals surface area contributed by atoms with Gasteiger partial charge in [0.05, 0.1) is 11.8 Å². The zero-order valence-corrected chi connectivity index (χ0v) is 9.88. The van der Waals surface area contributed by atoms with Gasteiger partial charge in [0.15, 0.2) is 11.7 Å². The van der Waals surface area contributed by atoms with Gasteiger partial charge in [0.1, 0.15) is 5.82 Å². The molecular weight excluding hydrogens is 243 g/mol. The van der Waals surface area contributed by atoms with Gasteiger partial charge in [0.2, 0.25) is 0 Å². The summed E-state index contributed by atoms with van der Waals surface area (Å²) in [6.45, 7) is 0.576. The molecule has 0 amide bonds. The van der Waals surface area contributed by atoms with E-state index >= 15 is 0 Å². The molecule has 90 valence electrons. The van der Waals surface area contributed by atoms with Gasteiger partial charge in [-0.3, -0.25) is 0 Å². The molecule has 0 aliphatic heterocycles. The largest absolute Gasteiger partial charge is 0.441 e. The van der Waals surface area contributed by atoms with E-state index in [2.05, 4.69) is 4.98 Å². The first kappa shape index (κ1) is 12.1. The lowest BCUT2D eigenvalue weighted by Crippen LogP contribution is -2.00.